The van der Waals surface area contributed by atoms with Crippen molar-refractivity contribution in [2.45, 2.75) is 23.6 Å². The van der Waals surface area contributed by atoms with Crippen LogP contribution in [0.15, 0.2) is 51.3 Å². The molecule has 0 aliphatic heterocycles. The standard InChI is InChI=1S/C15H15FN2OS/c1-9-3-5-12(7-10(9)2)20-14-6-4-11(8-13(14)16)15(17)18-19/h3-8,19H,1-2H3,(H2,17,18). The van der Waals surface area contributed by atoms with Crippen LogP contribution >= 0.6 is 11.8 Å². The van der Waals surface area contributed by atoms with Gasteiger partial charge in [0.15, 0.2) is 5.84 Å². The summed E-state index contributed by atoms with van der Waals surface area (Å²) in [4.78, 5) is 1.48. The zero-order chi connectivity index (χ0) is 14.7. The van der Waals surface area contributed by atoms with E-state index in [1.165, 1.54) is 29.0 Å². The molecule has 0 aliphatic rings. The van der Waals surface area contributed by atoms with Crippen LogP contribution in [0.1, 0.15) is 16.7 Å². The number of benzene rings is 2. The van der Waals surface area contributed by atoms with Crippen LogP contribution < -0.4 is 5.73 Å². The summed E-state index contributed by atoms with van der Waals surface area (Å²) < 4.78 is 14.0. The SMILES string of the molecule is Cc1ccc(Sc2ccc(/C(N)=N/O)cc2F)cc1C. The Balaban J connectivity index is 2.28. The van der Waals surface area contributed by atoms with E-state index in [0.29, 0.717) is 10.5 Å². The first kappa shape index (κ1) is 14.4. The maximum absolute atomic E-state index is 14.0. The second kappa shape index (κ2) is 5.96. The van der Waals surface area contributed by atoms with Crippen LogP contribution in [0.4, 0.5) is 4.39 Å². The molecule has 3 nitrogen and oxygen atoms in total. The molecule has 0 saturated heterocycles. The summed E-state index contributed by atoms with van der Waals surface area (Å²) in [5.74, 6) is -0.496. The van der Waals surface area contributed by atoms with Gasteiger partial charge in [-0.15, -0.1) is 0 Å². The number of hydrogen-bond donors (Lipinski definition) is 2. The molecule has 2 aromatic rings. The topological polar surface area (TPSA) is 58.6 Å². The molecule has 0 spiro atoms. The Kier molecular flexibility index (Phi) is 4.29. The molecule has 2 aromatic carbocycles. The van der Waals surface area contributed by atoms with Gasteiger partial charge in [-0.2, -0.15) is 0 Å². The minimum atomic E-state index is -0.391. The van der Waals surface area contributed by atoms with Crippen molar-refractivity contribution in [1.29, 1.82) is 0 Å². The highest BCUT2D eigenvalue weighted by molar-refractivity contribution is 7.99. The van der Waals surface area contributed by atoms with E-state index >= 15 is 0 Å². The average Bonchev–Trinajstić information content (AvgIpc) is 2.44. The lowest BCUT2D eigenvalue weighted by atomic mass is 10.1. The molecule has 2 rings (SSSR count). The number of amidine groups is 1. The number of rotatable bonds is 3. The summed E-state index contributed by atoms with van der Waals surface area (Å²) in [6.07, 6.45) is 0. The second-order valence-corrected chi connectivity index (χ2v) is 5.59. The Labute approximate surface area is 121 Å². The first-order valence-electron chi connectivity index (χ1n) is 6.04. The fraction of sp³-hybridized carbons (Fsp3) is 0.133. The van der Waals surface area contributed by atoms with Crippen molar-refractivity contribution < 1.29 is 9.60 Å². The van der Waals surface area contributed by atoms with Crippen LogP contribution in [-0.2, 0) is 0 Å². The predicted octanol–water partition coefficient (Wildman–Crippen LogP) is 3.69. The van der Waals surface area contributed by atoms with Gasteiger partial charge in [-0.3, -0.25) is 0 Å². The summed E-state index contributed by atoms with van der Waals surface area (Å²) in [7, 11) is 0. The molecular weight excluding hydrogens is 275 g/mol. The number of hydrogen-bond acceptors (Lipinski definition) is 3. The molecule has 0 bridgehead atoms. The predicted molar refractivity (Wildman–Crippen MR) is 78.9 cm³/mol. The van der Waals surface area contributed by atoms with Crippen LogP contribution in [0.5, 0.6) is 0 Å². The molecule has 0 unspecified atom stereocenters. The Bertz CT molecular complexity index is 671. The van der Waals surface area contributed by atoms with E-state index in [-0.39, 0.29) is 5.84 Å². The van der Waals surface area contributed by atoms with Gasteiger partial charge in [-0.25, -0.2) is 4.39 Å². The second-order valence-electron chi connectivity index (χ2n) is 4.48. The largest absolute Gasteiger partial charge is 0.409 e. The van der Waals surface area contributed by atoms with Crippen molar-refractivity contribution in [1.82, 2.24) is 0 Å². The van der Waals surface area contributed by atoms with E-state index in [9.17, 15) is 4.39 Å². The lowest BCUT2D eigenvalue weighted by molar-refractivity contribution is 0.318. The van der Waals surface area contributed by atoms with E-state index in [1.807, 2.05) is 32.0 Å². The van der Waals surface area contributed by atoms with Gasteiger partial charge in [0.1, 0.15) is 5.82 Å². The molecule has 0 aromatic heterocycles. The number of aryl methyl sites for hydroxylation is 2. The average molecular weight is 290 g/mol. The quantitative estimate of drug-likeness (QED) is 0.392. The van der Waals surface area contributed by atoms with Crippen LogP contribution in [0.2, 0.25) is 0 Å². The van der Waals surface area contributed by atoms with Gasteiger partial charge < -0.3 is 10.9 Å². The lowest BCUT2D eigenvalue weighted by Crippen LogP contribution is -2.13. The van der Waals surface area contributed by atoms with Crippen molar-refractivity contribution in [3.8, 4) is 0 Å². The third-order valence-corrected chi connectivity index (χ3v) is 4.08. The molecule has 20 heavy (non-hydrogen) atoms. The Morgan fingerprint density at radius 2 is 1.90 bits per heavy atom. The number of oxime groups is 1. The summed E-state index contributed by atoms with van der Waals surface area (Å²) >= 11 is 1.35. The maximum atomic E-state index is 14.0. The monoisotopic (exact) mass is 290 g/mol. The Morgan fingerprint density at radius 1 is 1.15 bits per heavy atom. The molecule has 0 saturated carbocycles. The van der Waals surface area contributed by atoms with Gasteiger partial charge in [0.2, 0.25) is 0 Å². The molecular formula is C15H15FN2OS. The Morgan fingerprint density at radius 3 is 2.50 bits per heavy atom. The van der Waals surface area contributed by atoms with Crippen LogP contribution in [0.3, 0.4) is 0 Å². The van der Waals surface area contributed by atoms with Crippen molar-refractivity contribution in [3.05, 3.63) is 58.9 Å². The van der Waals surface area contributed by atoms with Gasteiger partial charge in [-0.1, -0.05) is 23.0 Å². The van der Waals surface area contributed by atoms with Crippen LogP contribution in [-0.4, -0.2) is 11.0 Å². The zero-order valence-electron chi connectivity index (χ0n) is 11.2. The van der Waals surface area contributed by atoms with E-state index < -0.39 is 5.82 Å². The lowest BCUT2D eigenvalue weighted by Gasteiger charge is -2.07. The van der Waals surface area contributed by atoms with E-state index in [0.717, 1.165) is 4.90 Å². The van der Waals surface area contributed by atoms with Gasteiger partial charge in [0.05, 0.1) is 0 Å². The molecule has 0 atom stereocenters. The Hall–Kier alpha value is -2.01. The number of halogens is 1. The van der Waals surface area contributed by atoms with E-state index in [2.05, 4.69) is 5.16 Å². The highest BCUT2D eigenvalue weighted by Gasteiger charge is 2.08. The highest BCUT2D eigenvalue weighted by atomic mass is 32.2. The summed E-state index contributed by atoms with van der Waals surface area (Å²) in [6, 6.07) is 10.5. The number of nitrogens with two attached hydrogens (primary N) is 1. The van der Waals surface area contributed by atoms with Gasteiger partial charge in [0, 0.05) is 15.4 Å². The highest BCUT2D eigenvalue weighted by Crippen LogP contribution is 2.31. The van der Waals surface area contributed by atoms with Gasteiger partial charge >= 0.3 is 0 Å². The first-order chi connectivity index (χ1) is 9.51. The van der Waals surface area contributed by atoms with Crippen LogP contribution in [0, 0.1) is 19.7 Å². The fourth-order valence-electron chi connectivity index (χ4n) is 1.71. The van der Waals surface area contributed by atoms with Crippen molar-refractivity contribution >= 4 is 17.6 Å². The van der Waals surface area contributed by atoms with Gasteiger partial charge in [-0.05, 0) is 55.3 Å². The van der Waals surface area contributed by atoms with E-state index in [4.69, 9.17) is 10.9 Å². The fourth-order valence-corrected chi connectivity index (χ4v) is 2.62. The number of nitrogens with zero attached hydrogens (tertiary/aromatic N) is 1. The molecule has 0 aliphatic carbocycles. The van der Waals surface area contributed by atoms with Gasteiger partial charge in [0.25, 0.3) is 0 Å². The smallest absolute Gasteiger partial charge is 0.170 e. The normalized spacial score (nSPS) is 11.7. The molecule has 0 heterocycles. The van der Waals surface area contributed by atoms with Crippen molar-refractivity contribution in [2.24, 2.45) is 10.9 Å². The summed E-state index contributed by atoms with van der Waals surface area (Å²) in [5, 5.41) is 11.4. The molecule has 104 valence electrons. The van der Waals surface area contributed by atoms with E-state index in [1.54, 1.807) is 12.1 Å². The van der Waals surface area contributed by atoms with Crippen LogP contribution in [0.25, 0.3) is 0 Å². The summed E-state index contributed by atoms with van der Waals surface area (Å²) in [6.45, 7) is 4.06. The molecule has 3 N–H and O–H groups in total. The summed E-state index contributed by atoms with van der Waals surface area (Å²) in [5.41, 5.74) is 8.16. The third kappa shape index (κ3) is 3.11. The van der Waals surface area contributed by atoms with Crippen molar-refractivity contribution in [2.75, 3.05) is 0 Å². The molecule has 0 fully saturated rings. The zero-order valence-corrected chi connectivity index (χ0v) is 12.0. The molecule has 0 amide bonds. The third-order valence-electron chi connectivity index (χ3n) is 3.04. The molecule has 0 radical (unpaired) electrons. The first-order valence-corrected chi connectivity index (χ1v) is 6.85. The molecule has 5 heteroatoms. The van der Waals surface area contributed by atoms with Crippen molar-refractivity contribution in [3.63, 3.8) is 0 Å². The minimum Gasteiger partial charge on any atom is -0.409 e. The maximum Gasteiger partial charge on any atom is 0.170 e. The minimum absolute atomic E-state index is 0.105.